The average molecular weight is 399 g/mol. The predicted octanol–water partition coefficient (Wildman–Crippen LogP) is 5.12. The van der Waals surface area contributed by atoms with Crippen LogP contribution in [-0.2, 0) is 11.3 Å². The Morgan fingerprint density at radius 2 is 2.14 bits per heavy atom. The second-order valence-corrected chi connectivity index (χ2v) is 9.46. The van der Waals surface area contributed by atoms with Crippen molar-refractivity contribution < 1.29 is 9.53 Å². The number of piperidine rings is 1. The number of thiophene rings is 1. The van der Waals surface area contributed by atoms with E-state index < -0.39 is 0 Å². The van der Waals surface area contributed by atoms with Crippen molar-refractivity contribution in [3.05, 3.63) is 46.2 Å². The number of hydrogen-bond donors (Lipinski definition) is 1. The van der Waals surface area contributed by atoms with Gasteiger partial charge >= 0.3 is 0 Å². The zero-order valence-corrected chi connectivity index (χ0v) is 17.6. The van der Waals surface area contributed by atoms with Gasteiger partial charge in [0.1, 0.15) is 5.75 Å². The largest absolute Gasteiger partial charge is 0.491 e. The van der Waals surface area contributed by atoms with Gasteiger partial charge in [-0.2, -0.15) is 0 Å². The molecule has 1 fully saturated rings. The van der Waals surface area contributed by atoms with E-state index in [9.17, 15) is 4.79 Å². The summed E-state index contributed by atoms with van der Waals surface area (Å²) in [7, 11) is 0. The van der Waals surface area contributed by atoms with E-state index in [0.29, 0.717) is 30.8 Å². The number of nitrogens with zero attached hydrogens (tertiary/aromatic N) is 1. The van der Waals surface area contributed by atoms with Crippen LogP contribution in [0.4, 0.5) is 5.69 Å². The minimum absolute atomic E-state index is 0.120. The van der Waals surface area contributed by atoms with Gasteiger partial charge in [0, 0.05) is 24.4 Å². The highest BCUT2D eigenvalue weighted by Gasteiger charge is 2.31. The topological polar surface area (TPSA) is 41.6 Å². The van der Waals surface area contributed by atoms with Gasteiger partial charge in [-0.25, -0.2) is 0 Å². The van der Waals surface area contributed by atoms with Crippen molar-refractivity contribution in [2.24, 2.45) is 11.8 Å². The number of amides is 1. The summed E-state index contributed by atoms with van der Waals surface area (Å²) >= 11 is 1.82. The van der Waals surface area contributed by atoms with Gasteiger partial charge in [-0.15, -0.1) is 11.3 Å². The highest BCUT2D eigenvalue weighted by molar-refractivity contribution is 7.09. The maximum absolute atomic E-state index is 12.8. The molecule has 0 saturated carbocycles. The molecule has 5 heteroatoms. The molecule has 1 aromatic heterocycles. The summed E-state index contributed by atoms with van der Waals surface area (Å²) in [5.41, 5.74) is 2.05. The van der Waals surface area contributed by atoms with Crippen LogP contribution in [0.5, 0.6) is 5.75 Å². The summed E-state index contributed by atoms with van der Waals surface area (Å²) in [4.78, 5) is 16.7. The van der Waals surface area contributed by atoms with Crippen molar-refractivity contribution in [1.82, 2.24) is 4.90 Å². The van der Waals surface area contributed by atoms with Crippen molar-refractivity contribution >= 4 is 22.9 Å². The quantitative estimate of drug-likeness (QED) is 0.780. The predicted molar refractivity (Wildman–Crippen MR) is 115 cm³/mol. The van der Waals surface area contributed by atoms with E-state index >= 15 is 0 Å². The standard InChI is InChI=1S/C23H30N2O2S/c1-16(2)17-5-6-22-21(12-17)24-23(26)13-18-7-9-25(14-19(18)8-10-27-22)15-20-4-3-11-28-20/h3-6,11-12,16,18-19H,7-10,13-15H2,1-2H3,(H,24,26)/t18-,19-/m0/s1. The highest BCUT2D eigenvalue weighted by atomic mass is 32.1. The molecular formula is C23H30N2O2S. The van der Waals surface area contributed by atoms with Crippen LogP contribution in [0.3, 0.4) is 0 Å². The third kappa shape index (κ3) is 4.58. The Labute approximate surface area is 171 Å². The lowest BCUT2D eigenvalue weighted by Gasteiger charge is -2.38. The fourth-order valence-electron chi connectivity index (χ4n) is 4.41. The maximum atomic E-state index is 12.8. The van der Waals surface area contributed by atoms with Crippen molar-refractivity contribution in [2.45, 2.75) is 45.6 Å². The number of carbonyl (C=O) groups is 1. The summed E-state index contributed by atoms with van der Waals surface area (Å²) in [5.74, 6) is 2.29. The van der Waals surface area contributed by atoms with Gasteiger partial charge in [0.2, 0.25) is 5.91 Å². The summed E-state index contributed by atoms with van der Waals surface area (Å²) in [6, 6.07) is 10.5. The lowest BCUT2D eigenvalue weighted by Crippen LogP contribution is -2.42. The molecule has 4 rings (SSSR count). The molecule has 1 amide bonds. The fraction of sp³-hybridized carbons (Fsp3) is 0.522. The molecule has 0 spiro atoms. The van der Waals surface area contributed by atoms with Crippen molar-refractivity contribution in [3.8, 4) is 5.75 Å². The Bertz CT molecular complexity index is 803. The van der Waals surface area contributed by atoms with Crippen molar-refractivity contribution in [3.63, 3.8) is 0 Å². The molecular weight excluding hydrogens is 368 g/mol. The number of ether oxygens (including phenoxy) is 1. The van der Waals surface area contributed by atoms with Gasteiger partial charge < -0.3 is 10.1 Å². The molecule has 150 valence electrons. The Kier molecular flexibility index (Phi) is 6.02. The molecule has 1 N–H and O–H groups in total. The second kappa shape index (κ2) is 8.66. The van der Waals surface area contributed by atoms with Gasteiger partial charge in [0.15, 0.2) is 0 Å². The number of anilines is 1. The third-order valence-electron chi connectivity index (χ3n) is 6.07. The molecule has 0 bridgehead atoms. The van der Waals surface area contributed by atoms with Crippen LogP contribution in [0.2, 0.25) is 0 Å². The molecule has 2 aliphatic heterocycles. The summed E-state index contributed by atoms with van der Waals surface area (Å²) in [6.07, 6.45) is 2.70. The van der Waals surface area contributed by atoms with Crippen LogP contribution >= 0.6 is 11.3 Å². The average Bonchev–Trinajstić information content (AvgIpc) is 3.17. The Hall–Kier alpha value is -1.85. The maximum Gasteiger partial charge on any atom is 0.224 e. The molecule has 2 aromatic rings. The monoisotopic (exact) mass is 398 g/mol. The first-order valence-corrected chi connectivity index (χ1v) is 11.3. The van der Waals surface area contributed by atoms with Gasteiger partial charge in [0.05, 0.1) is 12.3 Å². The van der Waals surface area contributed by atoms with E-state index in [0.717, 1.165) is 43.9 Å². The van der Waals surface area contributed by atoms with Crippen LogP contribution in [0.1, 0.15) is 49.5 Å². The van der Waals surface area contributed by atoms with E-state index in [4.69, 9.17) is 4.74 Å². The Morgan fingerprint density at radius 1 is 1.25 bits per heavy atom. The summed E-state index contributed by atoms with van der Waals surface area (Å²) in [6.45, 7) is 8.19. The summed E-state index contributed by atoms with van der Waals surface area (Å²) < 4.78 is 6.11. The summed E-state index contributed by atoms with van der Waals surface area (Å²) in [5, 5.41) is 5.27. The number of likely N-dealkylation sites (tertiary alicyclic amines) is 1. The molecule has 1 aromatic carbocycles. The molecule has 0 aliphatic carbocycles. The van der Waals surface area contributed by atoms with Gasteiger partial charge in [-0.1, -0.05) is 26.0 Å². The zero-order valence-electron chi connectivity index (χ0n) is 16.8. The Balaban J connectivity index is 1.46. The molecule has 4 nitrogen and oxygen atoms in total. The van der Waals surface area contributed by atoms with Gasteiger partial charge in [-0.05, 0) is 66.3 Å². The molecule has 3 heterocycles. The molecule has 2 aliphatic rings. The first-order chi connectivity index (χ1) is 13.6. The third-order valence-corrected chi connectivity index (χ3v) is 6.93. The van der Waals surface area contributed by atoms with Crippen LogP contribution in [0.15, 0.2) is 35.7 Å². The van der Waals surface area contributed by atoms with Gasteiger partial charge in [0.25, 0.3) is 0 Å². The smallest absolute Gasteiger partial charge is 0.224 e. The first-order valence-electron chi connectivity index (χ1n) is 10.4. The fourth-order valence-corrected chi connectivity index (χ4v) is 5.15. The highest BCUT2D eigenvalue weighted by Crippen LogP contribution is 2.34. The van der Waals surface area contributed by atoms with Crippen molar-refractivity contribution in [1.29, 1.82) is 0 Å². The SMILES string of the molecule is CC(C)c1ccc2c(c1)NC(=O)C[C@@H]1CCN(Cc3cccs3)C[C@@H]1CCO2. The molecule has 0 unspecified atom stereocenters. The number of hydrogen-bond acceptors (Lipinski definition) is 4. The number of carbonyl (C=O) groups excluding carboxylic acids is 1. The lowest BCUT2D eigenvalue weighted by molar-refractivity contribution is -0.118. The minimum atomic E-state index is 0.120. The molecule has 0 radical (unpaired) electrons. The van der Waals surface area contributed by atoms with E-state index in [1.54, 1.807) is 0 Å². The van der Waals surface area contributed by atoms with Gasteiger partial charge in [-0.3, -0.25) is 9.69 Å². The normalized spacial score (nSPS) is 23.5. The van der Waals surface area contributed by atoms with E-state index in [-0.39, 0.29) is 5.91 Å². The number of rotatable bonds is 3. The van der Waals surface area contributed by atoms with Crippen LogP contribution in [0.25, 0.3) is 0 Å². The second-order valence-electron chi connectivity index (χ2n) is 8.42. The first kappa shape index (κ1) is 19.5. The Morgan fingerprint density at radius 3 is 2.93 bits per heavy atom. The van der Waals surface area contributed by atoms with E-state index in [1.165, 1.54) is 10.4 Å². The molecule has 2 atom stereocenters. The lowest BCUT2D eigenvalue weighted by atomic mass is 9.81. The van der Waals surface area contributed by atoms with E-state index in [1.807, 2.05) is 17.4 Å². The molecule has 1 saturated heterocycles. The number of benzene rings is 1. The van der Waals surface area contributed by atoms with E-state index in [2.05, 4.69) is 53.7 Å². The minimum Gasteiger partial charge on any atom is -0.491 e. The van der Waals surface area contributed by atoms with Crippen molar-refractivity contribution in [2.75, 3.05) is 25.0 Å². The number of nitrogens with one attached hydrogen (secondary N) is 1. The van der Waals surface area contributed by atoms with Crippen LogP contribution < -0.4 is 10.1 Å². The number of fused-ring (bicyclic) bond motifs is 2. The molecule has 28 heavy (non-hydrogen) atoms. The van der Waals surface area contributed by atoms with Crippen LogP contribution in [-0.4, -0.2) is 30.5 Å². The zero-order chi connectivity index (χ0) is 19.5. The van der Waals surface area contributed by atoms with Crippen LogP contribution in [0, 0.1) is 11.8 Å².